The lowest BCUT2D eigenvalue weighted by atomic mass is 9.93. The Kier molecular flexibility index (Phi) is 5.36. The van der Waals surface area contributed by atoms with Gasteiger partial charge >= 0.3 is 0 Å². The van der Waals surface area contributed by atoms with E-state index >= 15 is 0 Å². The summed E-state index contributed by atoms with van der Waals surface area (Å²) in [6.45, 7) is 6.39. The van der Waals surface area contributed by atoms with Crippen LogP contribution in [0.15, 0.2) is 24.3 Å². The summed E-state index contributed by atoms with van der Waals surface area (Å²) in [7, 11) is 1.62. The third-order valence-electron chi connectivity index (χ3n) is 2.79. The maximum Gasteiger partial charge on any atom is 0.227 e. The van der Waals surface area contributed by atoms with E-state index in [1.807, 2.05) is 45.0 Å². The summed E-state index contributed by atoms with van der Waals surface area (Å²) in [6.07, 6.45) is 0.633. The SMILES string of the molecule is COc1ccc(C(CCN)C(=O)NC(C)(C)C)cc1. The molecule has 106 valence electrons. The molecule has 1 aromatic rings. The predicted octanol–water partition coefficient (Wildman–Crippen LogP) is 2.04. The van der Waals surface area contributed by atoms with Crippen LogP contribution in [0, 0.1) is 0 Å². The number of methoxy groups -OCH3 is 1. The van der Waals surface area contributed by atoms with Gasteiger partial charge in [-0.25, -0.2) is 0 Å². The number of nitrogens with one attached hydrogen (secondary N) is 1. The number of carbonyl (C=O) groups excluding carboxylic acids is 1. The summed E-state index contributed by atoms with van der Waals surface area (Å²) < 4.78 is 5.12. The molecule has 19 heavy (non-hydrogen) atoms. The summed E-state index contributed by atoms with van der Waals surface area (Å²) >= 11 is 0. The van der Waals surface area contributed by atoms with Crippen molar-refractivity contribution in [3.63, 3.8) is 0 Å². The molecule has 0 saturated carbocycles. The van der Waals surface area contributed by atoms with Gasteiger partial charge in [0, 0.05) is 5.54 Å². The standard InChI is InChI=1S/C15H24N2O2/c1-15(2,3)17-14(18)13(9-10-16)11-5-7-12(19-4)8-6-11/h5-8,13H,9-10,16H2,1-4H3,(H,17,18). The van der Waals surface area contributed by atoms with E-state index in [2.05, 4.69) is 5.32 Å². The molecule has 0 bridgehead atoms. The van der Waals surface area contributed by atoms with Gasteiger partial charge in [0.15, 0.2) is 0 Å². The molecular formula is C15H24N2O2. The van der Waals surface area contributed by atoms with Crippen molar-refractivity contribution in [3.8, 4) is 5.75 Å². The highest BCUT2D eigenvalue weighted by Crippen LogP contribution is 2.23. The van der Waals surface area contributed by atoms with Gasteiger partial charge in [-0.15, -0.1) is 0 Å². The van der Waals surface area contributed by atoms with Crippen LogP contribution in [-0.2, 0) is 4.79 Å². The maximum absolute atomic E-state index is 12.3. The highest BCUT2D eigenvalue weighted by Gasteiger charge is 2.23. The number of ether oxygens (including phenoxy) is 1. The van der Waals surface area contributed by atoms with Crippen LogP contribution in [-0.4, -0.2) is 25.1 Å². The van der Waals surface area contributed by atoms with Gasteiger partial charge in [-0.05, 0) is 51.4 Å². The molecule has 1 rings (SSSR count). The van der Waals surface area contributed by atoms with Crippen LogP contribution >= 0.6 is 0 Å². The van der Waals surface area contributed by atoms with Crippen molar-refractivity contribution in [1.82, 2.24) is 5.32 Å². The number of hydrogen-bond acceptors (Lipinski definition) is 3. The van der Waals surface area contributed by atoms with Crippen LogP contribution in [0.25, 0.3) is 0 Å². The Balaban J connectivity index is 2.89. The van der Waals surface area contributed by atoms with Crippen molar-refractivity contribution in [3.05, 3.63) is 29.8 Å². The fourth-order valence-electron chi connectivity index (χ4n) is 1.91. The van der Waals surface area contributed by atoms with Gasteiger partial charge in [0.2, 0.25) is 5.91 Å². The topological polar surface area (TPSA) is 64.3 Å². The predicted molar refractivity (Wildman–Crippen MR) is 77.3 cm³/mol. The van der Waals surface area contributed by atoms with E-state index in [4.69, 9.17) is 10.5 Å². The third kappa shape index (κ3) is 4.91. The van der Waals surface area contributed by atoms with E-state index in [1.165, 1.54) is 0 Å². The lowest BCUT2D eigenvalue weighted by molar-refractivity contribution is -0.124. The first-order valence-corrected chi connectivity index (χ1v) is 6.53. The molecule has 0 aromatic heterocycles. The third-order valence-corrected chi connectivity index (χ3v) is 2.79. The van der Waals surface area contributed by atoms with Gasteiger partial charge in [0.25, 0.3) is 0 Å². The molecular weight excluding hydrogens is 240 g/mol. The highest BCUT2D eigenvalue weighted by molar-refractivity contribution is 5.84. The first kappa shape index (κ1) is 15.5. The van der Waals surface area contributed by atoms with Crippen molar-refractivity contribution >= 4 is 5.91 Å². The first-order chi connectivity index (χ1) is 8.87. The second-order valence-electron chi connectivity index (χ2n) is 5.64. The molecule has 0 spiro atoms. The lowest BCUT2D eigenvalue weighted by Crippen LogP contribution is -2.43. The molecule has 0 saturated heterocycles. The number of benzene rings is 1. The molecule has 0 aliphatic rings. The molecule has 4 nitrogen and oxygen atoms in total. The minimum atomic E-state index is -0.240. The fraction of sp³-hybridized carbons (Fsp3) is 0.533. The minimum Gasteiger partial charge on any atom is -0.497 e. The Bertz CT molecular complexity index is 407. The monoisotopic (exact) mass is 264 g/mol. The van der Waals surface area contributed by atoms with E-state index < -0.39 is 0 Å². The van der Waals surface area contributed by atoms with Gasteiger partial charge in [-0.3, -0.25) is 4.79 Å². The Morgan fingerprint density at radius 2 is 1.89 bits per heavy atom. The zero-order chi connectivity index (χ0) is 14.5. The Morgan fingerprint density at radius 3 is 2.32 bits per heavy atom. The molecule has 4 heteroatoms. The molecule has 1 amide bonds. The van der Waals surface area contributed by atoms with Crippen molar-refractivity contribution in [1.29, 1.82) is 0 Å². The normalized spacial score (nSPS) is 12.9. The van der Waals surface area contributed by atoms with E-state index in [1.54, 1.807) is 7.11 Å². The zero-order valence-electron chi connectivity index (χ0n) is 12.2. The number of nitrogens with two attached hydrogens (primary N) is 1. The van der Waals surface area contributed by atoms with Crippen LogP contribution in [0.5, 0.6) is 5.75 Å². The van der Waals surface area contributed by atoms with E-state index in [0.717, 1.165) is 11.3 Å². The smallest absolute Gasteiger partial charge is 0.227 e. The quantitative estimate of drug-likeness (QED) is 0.855. The van der Waals surface area contributed by atoms with E-state index in [0.29, 0.717) is 13.0 Å². The van der Waals surface area contributed by atoms with Crippen molar-refractivity contribution in [2.24, 2.45) is 5.73 Å². The summed E-state index contributed by atoms with van der Waals surface area (Å²) in [5.74, 6) is 0.588. The van der Waals surface area contributed by atoms with Crippen LogP contribution in [0.4, 0.5) is 0 Å². The Morgan fingerprint density at radius 1 is 1.32 bits per heavy atom. The summed E-state index contributed by atoms with van der Waals surface area (Å²) in [6, 6.07) is 7.56. The average Bonchev–Trinajstić information content (AvgIpc) is 2.34. The Hall–Kier alpha value is -1.55. The molecule has 0 radical (unpaired) electrons. The van der Waals surface area contributed by atoms with E-state index in [-0.39, 0.29) is 17.4 Å². The molecule has 0 aliphatic carbocycles. The van der Waals surface area contributed by atoms with Gasteiger partial charge in [-0.2, -0.15) is 0 Å². The van der Waals surface area contributed by atoms with Crippen molar-refractivity contribution in [2.45, 2.75) is 38.6 Å². The van der Waals surface area contributed by atoms with Crippen LogP contribution < -0.4 is 15.8 Å². The highest BCUT2D eigenvalue weighted by atomic mass is 16.5. The molecule has 0 fully saturated rings. The van der Waals surface area contributed by atoms with E-state index in [9.17, 15) is 4.79 Å². The average molecular weight is 264 g/mol. The van der Waals surface area contributed by atoms with Gasteiger partial charge in [0.1, 0.15) is 5.75 Å². The lowest BCUT2D eigenvalue weighted by Gasteiger charge is -2.25. The molecule has 0 aliphatic heterocycles. The molecule has 0 heterocycles. The Labute approximate surface area is 115 Å². The largest absolute Gasteiger partial charge is 0.497 e. The maximum atomic E-state index is 12.3. The fourth-order valence-corrected chi connectivity index (χ4v) is 1.91. The first-order valence-electron chi connectivity index (χ1n) is 6.53. The molecule has 1 unspecified atom stereocenters. The van der Waals surface area contributed by atoms with Gasteiger partial charge < -0.3 is 15.8 Å². The summed E-state index contributed by atoms with van der Waals surface area (Å²) in [4.78, 5) is 12.3. The number of hydrogen-bond donors (Lipinski definition) is 2. The number of carbonyl (C=O) groups is 1. The number of rotatable bonds is 5. The van der Waals surface area contributed by atoms with Crippen molar-refractivity contribution in [2.75, 3.05) is 13.7 Å². The van der Waals surface area contributed by atoms with Crippen LogP contribution in [0.3, 0.4) is 0 Å². The van der Waals surface area contributed by atoms with Crippen LogP contribution in [0.2, 0.25) is 0 Å². The zero-order valence-corrected chi connectivity index (χ0v) is 12.2. The van der Waals surface area contributed by atoms with Crippen LogP contribution in [0.1, 0.15) is 38.7 Å². The second kappa shape index (κ2) is 6.57. The number of amides is 1. The summed E-state index contributed by atoms with van der Waals surface area (Å²) in [5, 5.41) is 3.01. The second-order valence-corrected chi connectivity index (χ2v) is 5.64. The van der Waals surface area contributed by atoms with Gasteiger partial charge in [0.05, 0.1) is 13.0 Å². The molecule has 1 atom stereocenters. The summed E-state index contributed by atoms with van der Waals surface area (Å²) in [5.41, 5.74) is 6.35. The molecule has 1 aromatic carbocycles. The minimum absolute atomic E-state index is 0.0168. The van der Waals surface area contributed by atoms with Gasteiger partial charge in [-0.1, -0.05) is 12.1 Å². The molecule has 3 N–H and O–H groups in total. The van der Waals surface area contributed by atoms with Crippen molar-refractivity contribution < 1.29 is 9.53 Å².